The Hall–Kier alpha value is -5.99. The Morgan fingerprint density at radius 1 is 0.540 bits per heavy atom. The zero-order valence-corrected chi connectivity index (χ0v) is 28.4. The van der Waals surface area contributed by atoms with Crippen LogP contribution in [0.2, 0.25) is 0 Å². The van der Waals surface area contributed by atoms with Crippen LogP contribution in [-0.4, -0.2) is 13.1 Å². The summed E-state index contributed by atoms with van der Waals surface area (Å²) in [6.07, 6.45) is 2.33. The number of hydrogen-bond acceptors (Lipinski definition) is 4. The Balaban J connectivity index is 1.31. The van der Waals surface area contributed by atoms with E-state index in [1.807, 2.05) is 24.3 Å². The lowest BCUT2D eigenvalue weighted by atomic mass is 9.90. The topological polar surface area (TPSA) is 83.4 Å². The van der Waals surface area contributed by atoms with Gasteiger partial charge in [-0.05, 0) is 144 Å². The van der Waals surface area contributed by atoms with Crippen molar-refractivity contribution in [2.24, 2.45) is 0 Å². The summed E-state index contributed by atoms with van der Waals surface area (Å²) in [6.45, 7) is 6.38. The maximum Gasteiger partial charge on any atom is 0.0991 e. The van der Waals surface area contributed by atoms with Crippen LogP contribution in [0.4, 0.5) is 0 Å². The molecule has 1 fully saturated rings. The molecule has 0 spiro atoms. The third-order valence-corrected chi connectivity index (χ3v) is 10.8. The van der Waals surface area contributed by atoms with Gasteiger partial charge in [-0.3, -0.25) is 0 Å². The highest BCUT2D eigenvalue weighted by Gasteiger charge is 2.33. The summed E-state index contributed by atoms with van der Waals surface area (Å²) in [7, 11) is 0. The molecule has 4 heteroatoms. The summed E-state index contributed by atoms with van der Waals surface area (Å²) >= 11 is 0. The smallest absolute Gasteiger partial charge is 0.0991 e. The Kier molecular flexibility index (Phi) is 8.01. The summed E-state index contributed by atoms with van der Waals surface area (Å²) in [6, 6.07) is 42.0. The molecule has 0 bridgehead atoms. The molecule has 2 aliphatic carbocycles. The highest BCUT2D eigenvalue weighted by molar-refractivity contribution is 6.10. The molecule has 0 amide bonds. The summed E-state index contributed by atoms with van der Waals surface area (Å²) in [5.74, 6) is 0.598. The predicted molar refractivity (Wildman–Crippen MR) is 202 cm³/mol. The molecule has 0 saturated carbocycles. The molecule has 5 aromatic carbocycles. The van der Waals surface area contributed by atoms with Crippen molar-refractivity contribution in [1.29, 1.82) is 15.8 Å². The van der Waals surface area contributed by atoms with E-state index in [1.165, 1.54) is 55.6 Å². The first-order valence-corrected chi connectivity index (χ1v) is 17.5. The summed E-state index contributed by atoms with van der Waals surface area (Å²) < 4.78 is 0. The molecule has 0 atom stereocenters. The second-order valence-electron chi connectivity index (χ2n) is 13.5. The van der Waals surface area contributed by atoms with Crippen LogP contribution in [-0.2, 0) is 0 Å². The minimum Gasteiger partial charge on any atom is -0.315 e. The Bertz CT molecular complexity index is 2380. The molecule has 5 aromatic rings. The minimum atomic E-state index is 0.367. The third-order valence-electron chi connectivity index (χ3n) is 10.8. The molecule has 50 heavy (non-hydrogen) atoms. The average Bonchev–Trinajstić information content (AvgIpc) is 3.62. The molecule has 0 aromatic heterocycles. The van der Waals surface area contributed by atoms with Crippen molar-refractivity contribution < 1.29 is 0 Å². The van der Waals surface area contributed by atoms with E-state index in [9.17, 15) is 15.8 Å². The van der Waals surface area contributed by atoms with Crippen LogP contribution < -0.4 is 5.32 Å². The van der Waals surface area contributed by atoms with Crippen molar-refractivity contribution in [3.05, 3.63) is 142 Å². The van der Waals surface area contributed by atoms with Gasteiger partial charge in [-0.25, -0.2) is 0 Å². The largest absolute Gasteiger partial charge is 0.315 e. The fourth-order valence-electron chi connectivity index (χ4n) is 8.02. The number of nitriles is 3. The lowest BCUT2D eigenvalue weighted by Gasteiger charge is -2.27. The van der Waals surface area contributed by atoms with Gasteiger partial charge in [-0.2, -0.15) is 15.8 Å². The van der Waals surface area contributed by atoms with Crippen LogP contribution in [0, 0.1) is 34.0 Å². The van der Waals surface area contributed by atoms with Crippen LogP contribution in [0.1, 0.15) is 78.8 Å². The van der Waals surface area contributed by atoms with Gasteiger partial charge in [0.25, 0.3) is 0 Å². The number of hydrogen-bond donors (Lipinski definition) is 1. The fraction of sp³-hybridized carbons (Fsp3) is 0.196. The molecule has 1 saturated heterocycles. The van der Waals surface area contributed by atoms with E-state index in [1.54, 1.807) is 0 Å². The molecular weight excluding hydrogens is 609 g/mol. The van der Waals surface area contributed by atoms with Crippen molar-refractivity contribution in [3.63, 3.8) is 0 Å². The van der Waals surface area contributed by atoms with Gasteiger partial charge in [0.2, 0.25) is 0 Å². The van der Waals surface area contributed by atoms with Crippen LogP contribution in [0.25, 0.3) is 55.7 Å². The first kappa shape index (κ1) is 31.3. The zero-order chi connectivity index (χ0) is 34.4. The molecule has 3 aliphatic rings. The lowest BCUT2D eigenvalue weighted by Crippen LogP contribution is -2.39. The average molecular weight is 645 g/mol. The third kappa shape index (κ3) is 5.07. The first-order valence-electron chi connectivity index (χ1n) is 17.5. The standard InChI is InChI=1S/C46H36N4/c1-3-29(17-19-47)45-41-21-34(31-7-5-28(25-49)6-8-31)13-15-37(41)39-23-44-40(24-43(39)45)38-16-14-35(22-42(38)46(44)30(4-2)18-20-48)32-9-11-33(12-10-32)36-26-50-27-36/h5-16,21-24,36,50H,3-4,17-18,26-27H2,1-2H3/b45-29+,46-30-. The molecule has 1 N–H and O–H groups in total. The number of benzene rings is 5. The minimum absolute atomic E-state index is 0.367. The highest BCUT2D eigenvalue weighted by Crippen LogP contribution is 2.55. The van der Waals surface area contributed by atoms with Crippen LogP contribution in [0.3, 0.4) is 0 Å². The van der Waals surface area contributed by atoms with Gasteiger partial charge in [0.15, 0.2) is 0 Å². The fourth-order valence-corrected chi connectivity index (χ4v) is 8.02. The van der Waals surface area contributed by atoms with Crippen molar-refractivity contribution in [2.45, 2.75) is 45.4 Å². The maximum absolute atomic E-state index is 9.92. The van der Waals surface area contributed by atoms with Gasteiger partial charge in [0, 0.05) is 19.0 Å². The maximum atomic E-state index is 9.92. The van der Waals surface area contributed by atoms with Crippen LogP contribution in [0.15, 0.2) is 108 Å². The molecule has 0 radical (unpaired) electrons. The molecule has 1 heterocycles. The van der Waals surface area contributed by atoms with Gasteiger partial charge in [-0.1, -0.05) is 74.5 Å². The molecule has 4 nitrogen and oxygen atoms in total. The second-order valence-corrected chi connectivity index (χ2v) is 13.5. The number of nitrogens with one attached hydrogen (secondary N) is 1. The van der Waals surface area contributed by atoms with Crippen molar-refractivity contribution in [1.82, 2.24) is 5.32 Å². The van der Waals surface area contributed by atoms with Crippen molar-refractivity contribution in [2.75, 3.05) is 13.1 Å². The van der Waals surface area contributed by atoms with E-state index in [0.29, 0.717) is 24.3 Å². The van der Waals surface area contributed by atoms with E-state index in [2.05, 4.69) is 110 Å². The molecule has 8 rings (SSSR count). The second kappa shape index (κ2) is 12.8. The van der Waals surface area contributed by atoms with Crippen LogP contribution in [0.5, 0.6) is 0 Å². The zero-order valence-electron chi connectivity index (χ0n) is 28.4. The van der Waals surface area contributed by atoms with Crippen LogP contribution >= 0.6 is 0 Å². The van der Waals surface area contributed by atoms with E-state index < -0.39 is 0 Å². The molecule has 240 valence electrons. The quantitative estimate of drug-likeness (QED) is 0.187. The highest BCUT2D eigenvalue weighted by atomic mass is 14.9. The monoisotopic (exact) mass is 644 g/mol. The molecular formula is C46H36N4. The molecule has 0 unspecified atom stereocenters. The number of allylic oxidation sites excluding steroid dienone is 2. The molecule has 1 aliphatic heterocycles. The van der Waals surface area contributed by atoms with Gasteiger partial charge >= 0.3 is 0 Å². The number of fused-ring (bicyclic) bond motifs is 6. The summed E-state index contributed by atoms with van der Waals surface area (Å²) in [5, 5.41) is 32.5. The van der Waals surface area contributed by atoms with Crippen molar-refractivity contribution >= 4 is 11.1 Å². The Morgan fingerprint density at radius 2 is 0.980 bits per heavy atom. The van der Waals surface area contributed by atoms with Gasteiger partial charge < -0.3 is 5.32 Å². The first-order chi connectivity index (χ1) is 24.6. The predicted octanol–water partition coefficient (Wildman–Crippen LogP) is 10.8. The van der Waals surface area contributed by atoms with E-state index in [-0.39, 0.29) is 0 Å². The lowest BCUT2D eigenvalue weighted by molar-refractivity contribution is 0.448. The number of nitrogens with zero attached hydrogens (tertiary/aromatic N) is 3. The Morgan fingerprint density at radius 3 is 1.38 bits per heavy atom. The number of rotatable bonds is 7. The van der Waals surface area contributed by atoms with Gasteiger partial charge in [0.05, 0.1) is 36.6 Å². The van der Waals surface area contributed by atoms with E-state index >= 15 is 0 Å². The SMILES string of the molecule is CC/C(CC#N)=C1\c2cc(-c3ccc(C4CNC4)cc3)ccc2-c2cc3c(cc21)-c1ccc(-c2ccc(C#N)cc2)cc1/C3=C(/CC)CC#N. The van der Waals surface area contributed by atoms with Gasteiger partial charge in [-0.15, -0.1) is 0 Å². The summed E-state index contributed by atoms with van der Waals surface area (Å²) in [4.78, 5) is 0. The normalized spacial score (nSPS) is 15.8. The van der Waals surface area contributed by atoms with E-state index in [0.717, 1.165) is 64.9 Å². The Labute approximate surface area is 294 Å². The van der Waals surface area contributed by atoms with E-state index in [4.69, 9.17) is 0 Å². The summed E-state index contributed by atoms with van der Waals surface area (Å²) in [5.41, 5.74) is 20.5. The van der Waals surface area contributed by atoms with Crippen molar-refractivity contribution in [3.8, 4) is 62.7 Å². The van der Waals surface area contributed by atoms with Gasteiger partial charge in [0.1, 0.15) is 0 Å².